The summed E-state index contributed by atoms with van der Waals surface area (Å²) in [5, 5.41) is 0. The van der Waals surface area contributed by atoms with E-state index in [9.17, 15) is 4.79 Å². The summed E-state index contributed by atoms with van der Waals surface area (Å²) in [5.41, 5.74) is 0. The second kappa shape index (κ2) is 14.3. The van der Waals surface area contributed by atoms with E-state index >= 15 is 0 Å². The van der Waals surface area contributed by atoms with Gasteiger partial charge in [-0.05, 0) is 13.3 Å². The van der Waals surface area contributed by atoms with Crippen molar-refractivity contribution >= 4 is 5.97 Å². The van der Waals surface area contributed by atoms with Gasteiger partial charge in [0.15, 0.2) is 0 Å². The molecule has 0 atom stereocenters. The summed E-state index contributed by atoms with van der Waals surface area (Å²) < 4.78 is 5.03. The van der Waals surface area contributed by atoms with Crippen molar-refractivity contribution in [2.75, 3.05) is 6.61 Å². The van der Waals surface area contributed by atoms with Crippen molar-refractivity contribution in [1.82, 2.24) is 0 Å². The summed E-state index contributed by atoms with van der Waals surface area (Å²) in [5.74, 6) is -0.214. The Morgan fingerprint density at radius 2 is 1.39 bits per heavy atom. The van der Waals surface area contributed by atoms with Gasteiger partial charge in [-0.3, -0.25) is 0 Å². The first-order chi connectivity index (χ1) is 8.81. The van der Waals surface area contributed by atoms with Crippen LogP contribution in [0.25, 0.3) is 0 Å². The lowest BCUT2D eigenvalue weighted by Crippen LogP contribution is -2.01. The molecular weight excluding hydrogens is 224 g/mol. The number of allylic oxidation sites excluding steroid dienone is 1. The fourth-order valence-corrected chi connectivity index (χ4v) is 1.95. The molecule has 2 nitrogen and oxygen atoms in total. The lowest BCUT2D eigenvalue weighted by atomic mass is 10.1. The lowest BCUT2D eigenvalue weighted by molar-refractivity contribution is -0.137. The van der Waals surface area contributed by atoms with E-state index in [1.54, 1.807) is 6.08 Å². The summed E-state index contributed by atoms with van der Waals surface area (Å²) in [7, 11) is 0. The third-order valence-electron chi connectivity index (χ3n) is 3.04. The third-order valence-corrected chi connectivity index (χ3v) is 3.04. The molecule has 0 N–H and O–H groups in total. The van der Waals surface area contributed by atoms with Crippen LogP contribution in [0.3, 0.4) is 0 Å². The second-order valence-electron chi connectivity index (χ2n) is 4.85. The highest BCUT2D eigenvalue weighted by molar-refractivity contribution is 5.81. The van der Waals surface area contributed by atoms with Gasteiger partial charge in [-0.2, -0.15) is 0 Å². The Kier molecular flexibility index (Phi) is 13.6. The molecule has 0 fully saturated rings. The molecule has 0 aromatic carbocycles. The molecule has 0 rings (SSSR count). The Morgan fingerprint density at radius 3 is 1.89 bits per heavy atom. The number of unbranched alkanes of at least 4 members (excludes halogenated alkanes) is 9. The highest BCUT2D eigenvalue weighted by Gasteiger charge is 1.96. The summed E-state index contributed by atoms with van der Waals surface area (Å²) in [6.07, 6.45) is 16.2. The molecule has 0 aromatic rings. The number of rotatable bonds is 12. The molecule has 0 saturated carbocycles. The zero-order valence-electron chi connectivity index (χ0n) is 12.2. The monoisotopic (exact) mass is 254 g/mol. The highest BCUT2D eigenvalue weighted by Crippen LogP contribution is 2.10. The van der Waals surface area contributed by atoms with Crippen molar-refractivity contribution in [3.63, 3.8) is 0 Å². The van der Waals surface area contributed by atoms with Gasteiger partial charge in [-0.1, -0.05) is 70.8 Å². The molecule has 0 aliphatic rings. The number of hydrogen-bond acceptors (Lipinski definition) is 2. The van der Waals surface area contributed by atoms with Crippen LogP contribution in [0.2, 0.25) is 0 Å². The van der Waals surface area contributed by atoms with Crippen LogP contribution >= 0.6 is 0 Å². The molecule has 0 aliphatic carbocycles. The van der Waals surface area contributed by atoms with Crippen LogP contribution in [-0.2, 0) is 9.53 Å². The number of esters is 1. The van der Waals surface area contributed by atoms with Crippen molar-refractivity contribution in [2.45, 2.75) is 78.1 Å². The van der Waals surface area contributed by atoms with Gasteiger partial charge in [0.1, 0.15) is 0 Å². The number of hydrogen-bond donors (Lipinski definition) is 0. The Labute approximate surface area is 113 Å². The summed E-state index contributed by atoms with van der Waals surface area (Å²) >= 11 is 0. The molecule has 0 amide bonds. The van der Waals surface area contributed by atoms with E-state index in [1.807, 2.05) is 6.92 Å². The SMILES string of the molecule is CC=CC(=O)OCCCCCCCCCCCC. The predicted molar refractivity (Wildman–Crippen MR) is 77.6 cm³/mol. The van der Waals surface area contributed by atoms with Crippen LogP contribution in [0.1, 0.15) is 78.1 Å². The first-order valence-corrected chi connectivity index (χ1v) is 7.60. The van der Waals surface area contributed by atoms with Gasteiger partial charge in [0.25, 0.3) is 0 Å². The van der Waals surface area contributed by atoms with Gasteiger partial charge in [0.2, 0.25) is 0 Å². The maximum absolute atomic E-state index is 11.0. The van der Waals surface area contributed by atoms with Crippen LogP contribution in [-0.4, -0.2) is 12.6 Å². The molecule has 0 heterocycles. The highest BCUT2D eigenvalue weighted by atomic mass is 16.5. The van der Waals surface area contributed by atoms with E-state index in [0.717, 1.165) is 6.42 Å². The Bertz CT molecular complexity index is 209. The molecule has 0 saturated heterocycles. The minimum absolute atomic E-state index is 0.214. The number of ether oxygens (including phenoxy) is 1. The first kappa shape index (κ1) is 17.2. The third kappa shape index (κ3) is 13.3. The Balaban J connectivity index is 3.05. The average molecular weight is 254 g/mol. The van der Waals surface area contributed by atoms with E-state index in [4.69, 9.17) is 4.74 Å². The minimum Gasteiger partial charge on any atom is -0.463 e. The van der Waals surface area contributed by atoms with Crippen molar-refractivity contribution in [3.05, 3.63) is 12.2 Å². The van der Waals surface area contributed by atoms with Gasteiger partial charge < -0.3 is 4.74 Å². The minimum atomic E-state index is -0.214. The first-order valence-electron chi connectivity index (χ1n) is 7.60. The van der Waals surface area contributed by atoms with Crippen LogP contribution in [0.4, 0.5) is 0 Å². The number of carbonyl (C=O) groups is 1. The normalized spacial score (nSPS) is 11.0. The van der Waals surface area contributed by atoms with Crippen LogP contribution < -0.4 is 0 Å². The fraction of sp³-hybridized carbons (Fsp3) is 0.812. The summed E-state index contributed by atoms with van der Waals surface area (Å²) in [6, 6.07) is 0. The molecule has 0 aromatic heterocycles. The maximum atomic E-state index is 11.0. The van der Waals surface area contributed by atoms with Crippen LogP contribution in [0.5, 0.6) is 0 Å². The topological polar surface area (TPSA) is 26.3 Å². The maximum Gasteiger partial charge on any atom is 0.330 e. The molecule has 0 aliphatic heterocycles. The van der Waals surface area contributed by atoms with Gasteiger partial charge in [0.05, 0.1) is 6.61 Å². The van der Waals surface area contributed by atoms with Crippen molar-refractivity contribution < 1.29 is 9.53 Å². The molecule has 0 bridgehead atoms. The zero-order valence-corrected chi connectivity index (χ0v) is 12.2. The predicted octanol–water partition coefficient (Wildman–Crippen LogP) is 5.03. The average Bonchev–Trinajstić information content (AvgIpc) is 2.36. The molecular formula is C16H30O2. The molecule has 106 valence electrons. The summed E-state index contributed by atoms with van der Waals surface area (Å²) in [4.78, 5) is 11.0. The van der Waals surface area contributed by atoms with Gasteiger partial charge in [-0.25, -0.2) is 4.79 Å². The molecule has 18 heavy (non-hydrogen) atoms. The fourth-order valence-electron chi connectivity index (χ4n) is 1.95. The second-order valence-corrected chi connectivity index (χ2v) is 4.85. The van der Waals surface area contributed by atoms with E-state index in [1.165, 1.54) is 63.9 Å². The van der Waals surface area contributed by atoms with Crippen molar-refractivity contribution in [1.29, 1.82) is 0 Å². The largest absolute Gasteiger partial charge is 0.463 e. The van der Waals surface area contributed by atoms with Crippen molar-refractivity contribution in [3.8, 4) is 0 Å². The Morgan fingerprint density at radius 1 is 0.889 bits per heavy atom. The van der Waals surface area contributed by atoms with E-state index in [-0.39, 0.29) is 5.97 Å². The smallest absolute Gasteiger partial charge is 0.330 e. The van der Waals surface area contributed by atoms with Crippen molar-refractivity contribution in [2.24, 2.45) is 0 Å². The van der Waals surface area contributed by atoms with Crippen LogP contribution in [0.15, 0.2) is 12.2 Å². The van der Waals surface area contributed by atoms with Gasteiger partial charge in [-0.15, -0.1) is 0 Å². The zero-order chi connectivity index (χ0) is 13.5. The quantitative estimate of drug-likeness (QED) is 0.277. The van der Waals surface area contributed by atoms with E-state index < -0.39 is 0 Å². The Hall–Kier alpha value is -0.790. The van der Waals surface area contributed by atoms with Gasteiger partial charge >= 0.3 is 5.97 Å². The van der Waals surface area contributed by atoms with Crippen LogP contribution in [0, 0.1) is 0 Å². The number of carbonyl (C=O) groups excluding carboxylic acids is 1. The molecule has 2 heteroatoms. The summed E-state index contributed by atoms with van der Waals surface area (Å²) in [6.45, 7) is 4.64. The molecule has 0 unspecified atom stereocenters. The molecule has 0 spiro atoms. The lowest BCUT2D eigenvalue weighted by Gasteiger charge is -2.03. The van der Waals surface area contributed by atoms with E-state index in [0.29, 0.717) is 6.61 Å². The molecule has 0 radical (unpaired) electrons. The van der Waals surface area contributed by atoms with Gasteiger partial charge in [0, 0.05) is 6.08 Å². The van der Waals surface area contributed by atoms with E-state index in [2.05, 4.69) is 6.92 Å². The standard InChI is InChI=1S/C16H30O2/c1-3-5-6-7-8-9-10-11-12-13-15-18-16(17)14-4-2/h4,14H,3,5-13,15H2,1-2H3.